The minimum Gasteiger partial charge on any atom is -0.348 e. The number of amides is 1. The molecule has 0 saturated carbocycles. The van der Waals surface area contributed by atoms with E-state index in [0.29, 0.717) is 12.1 Å². The molecule has 0 saturated heterocycles. The average Bonchev–Trinajstić information content (AvgIpc) is 3.40. The Labute approximate surface area is 204 Å². The van der Waals surface area contributed by atoms with Gasteiger partial charge in [-0.15, -0.1) is 0 Å². The predicted molar refractivity (Wildman–Crippen MR) is 138 cm³/mol. The van der Waals surface area contributed by atoms with Crippen LogP contribution in [0.2, 0.25) is 0 Å². The Hall–Kier alpha value is -4.26. The smallest absolute Gasteiger partial charge is 0.252 e. The van der Waals surface area contributed by atoms with Crippen molar-refractivity contribution in [2.24, 2.45) is 0 Å². The normalized spacial score (nSPS) is 11.2. The molecule has 0 radical (unpaired) electrons. The fraction of sp³-hybridized carbons (Fsp3) is 0.214. The number of nitrogens with zero attached hydrogens (tertiary/aromatic N) is 5. The summed E-state index contributed by atoms with van der Waals surface area (Å²) >= 11 is 0. The number of pyridine rings is 1. The molecule has 5 rings (SSSR count). The number of carbonyl (C=O) groups excluding carboxylic acids is 1. The molecule has 1 amide bonds. The Balaban J connectivity index is 1.48. The van der Waals surface area contributed by atoms with Gasteiger partial charge in [-0.2, -0.15) is 10.2 Å². The van der Waals surface area contributed by atoms with E-state index in [1.807, 2.05) is 104 Å². The third-order valence-corrected chi connectivity index (χ3v) is 6.37. The number of hydrogen-bond donors (Lipinski definition) is 1. The first-order chi connectivity index (χ1) is 17.0. The van der Waals surface area contributed by atoms with Crippen LogP contribution in [0.1, 0.15) is 39.9 Å². The first-order valence-corrected chi connectivity index (χ1v) is 11.8. The van der Waals surface area contributed by atoms with Crippen molar-refractivity contribution in [2.45, 2.75) is 40.8 Å². The Morgan fingerprint density at radius 1 is 0.943 bits per heavy atom. The number of fused-ring (bicyclic) bond motifs is 1. The topological polar surface area (TPSA) is 77.6 Å². The predicted octanol–water partition coefficient (Wildman–Crippen LogP) is 5.16. The van der Waals surface area contributed by atoms with Crippen molar-refractivity contribution in [3.8, 4) is 16.9 Å². The Bertz CT molecular complexity index is 1530. The SMILES string of the molecule is CCn1cc(-c2cc(C(=O)NCc3c(C)nn(-c4ccccc4)c3C)c3ccccc3n2)c(C)n1. The number of rotatable bonds is 6. The molecule has 1 N–H and O–H groups in total. The number of aromatic nitrogens is 5. The molecule has 2 aromatic carbocycles. The zero-order chi connectivity index (χ0) is 24.5. The molecule has 0 aliphatic heterocycles. The zero-order valence-corrected chi connectivity index (χ0v) is 20.4. The fourth-order valence-electron chi connectivity index (χ4n) is 4.45. The molecule has 5 aromatic rings. The van der Waals surface area contributed by atoms with Crippen molar-refractivity contribution in [1.29, 1.82) is 0 Å². The lowest BCUT2D eigenvalue weighted by Gasteiger charge is -2.11. The van der Waals surface area contributed by atoms with Crippen molar-refractivity contribution in [1.82, 2.24) is 29.9 Å². The molecular weight excluding hydrogens is 436 g/mol. The second-order valence-electron chi connectivity index (χ2n) is 8.64. The number of nitrogens with one attached hydrogen (secondary N) is 1. The van der Waals surface area contributed by atoms with Gasteiger partial charge in [0.05, 0.1) is 33.8 Å². The fourth-order valence-corrected chi connectivity index (χ4v) is 4.45. The van der Waals surface area contributed by atoms with E-state index < -0.39 is 0 Å². The first-order valence-electron chi connectivity index (χ1n) is 11.8. The Morgan fingerprint density at radius 3 is 2.43 bits per heavy atom. The summed E-state index contributed by atoms with van der Waals surface area (Å²) < 4.78 is 3.81. The van der Waals surface area contributed by atoms with Crippen LogP contribution in [0.15, 0.2) is 66.9 Å². The van der Waals surface area contributed by atoms with Crippen molar-refractivity contribution < 1.29 is 4.79 Å². The maximum Gasteiger partial charge on any atom is 0.252 e. The maximum atomic E-state index is 13.5. The molecule has 176 valence electrons. The second kappa shape index (κ2) is 9.18. The van der Waals surface area contributed by atoms with Crippen LogP contribution in [0.5, 0.6) is 0 Å². The van der Waals surface area contributed by atoms with E-state index in [-0.39, 0.29) is 5.91 Å². The van der Waals surface area contributed by atoms with Crippen molar-refractivity contribution >= 4 is 16.8 Å². The summed E-state index contributed by atoms with van der Waals surface area (Å²) in [7, 11) is 0. The van der Waals surface area contributed by atoms with Crippen molar-refractivity contribution in [3.05, 3.63) is 95.1 Å². The highest BCUT2D eigenvalue weighted by Gasteiger charge is 2.18. The number of hydrogen-bond acceptors (Lipinski definition) is 4. The molecule has 0 fully saturated rings. The molecule has 0 aliphatic carbocycles. The highest BCUT2D eigenvalue weighted by atomic mass is 16.1. The van der Waals surface area contributed by atoms with Gasteiger partial charge in [-0.3, -0.25) is 9.48 Å². The minimum atomic E-state index is -0.142. The lowest BCUT2D eigenvalue weighted by molar-refractivity contribution is 0.0952. The summed E-state index contributed by atoms with van der Waals surface area (Å²) in [5.41, 5.74) is 7.87. The van der Waals surface area contributed by atoms with Gasteiger partial charge in [-0.25, -0.2) is 9.67 Å². The van der Waals surface area contributed by atoms with Gasteiger partial charge in [-0.05, 0) is 52.0 Å². The van der Waals surface area contributed by atoms with Gasteiger partial charge in [-0.1, -0.05) is 36.4 Å². The van der Waals surface area contributed by atoms with Crippen LogP contribution in [0.3, 0.4) is 0 Å². The Kier molecular flexibility index (Phi) is 5.91. The van der Waals surface area contributed by atoms with Gasteiger partial charge < -0.3 is 5.32 Å². The van der Waals surface area contributed by atoms with Crippen LogP contribution >= 0.6 is 0 Å². The van der Waals surface area contributed by atoms with E-state index in [9.17, 15) is 4.79 Å². The summed E-state index contributed by atoms with van der Waals surface area (Å²) in [6, 6.07) is 19.6. The van der Waals surface area contributed by atoms with Crippen LogP contribution in [-0.2, 0) is 13.1 Å². The van der Waals surface area contributed by atoms with Gasteiger partial charge in [0.25, 0.3) is 5.91 Å². The van der Waals surface area contributed by atoms with E-state index in [1.54, 1.807) is 0 Å². The van der Waals surface area contributed by atoms with Gasteiger partial charge in [0.1, 0.15) is 0 Å². The van der Waals surface area contributed by atoms with E-state index in [2.05, 4.69) is 10.4 Å². The average molecular weight is 465 g/mol. The van der Waals surface area contributed by atoms with Crippen LogP contribution in [0, 0.1) is 20.8 Å². The molecule has 0 unspecified atom stereocenters. The van der Waals surface area contributed by atoms with E-state index in [1.165, 1.54) is 0 Å². The largest absolute Gasteiger partial charge is 0.348 e. The van der Waals surface area contributed by atoms with E-state index in [4.69, 9.17) is 10.1 Å². The summed E-state index contributed by atoms with van der Waals surface area (Å²) in [4.78, 5) is 18.3. The highest BCUT2D eigenvalue weighted by molar-refractivity contribution is 6.07. The minimum absolute atomic E-state index is 0.142. The molecule has 0 bridgehead atoms. The standard InChI is InChI=1S/C28H28N6O/c1-5-33-17-25(19(3)31-33)27-15-23(22-13-9-10-14-26(22)30-27)28(35)29-16-24-18(2)32-34(20(24)4)21-11-7-6-8-12-21/h6-15,17H,5,16H2,1-4H3,(H,29,35). The molecule has 0 atom stereocenters. The zero-order valence-electron chi connectivity index (χ0n) is 20.4. The summed E-state index contributed by atoms with van der Waals surface area (Å²) in [5, 5.41) is 13.2. The van der Waals surface area contributed by atoms with Crippen LogP contribution in [0.25, 0.3) is 27.8 Å². The molecule has 0 aliphatic rings. The third kappa shape index (κ3) is 4.21. The van der Waals surface area contributed by atoms with Gasteiger partial charge in [0.2, 0.25) is 0 Å². The number of carbonyl (C=O) groups is 1. The maximum absolute atomic E-state index is 13.5. The van der Waals surface area contributed by atoms with Crippen LogP contribution in [0.4, 0.5) is 0 Å². The monoisotopic (exact) mass is 464 g/mol. The lowest BCUT2D eigenvalue weighted by atomic mass is 10.0. The second-order valence-corrected chi connectivity index (χ2v) is 8.64. The van der Waals surface area contributed by atoms with Crippen LogP contribution < -0.4 is 5.32 Å². The van der Waals surface area contributed by atoms with Crippen molar-refractivity contribution in [2.75, 3.05) is 0 Å². The first kappa shape index (κ1) is 22.5. The number of aryl methyl sites for hydroxylation is 3. The summed E-state index contributed by atoms with van der Waals surface area (Å²) in [5.74, 6) is -0.142. The van der Waals surface area contributed by atoms with Crippen molar-refractivity contribution in [3.63, 3.8) is 0 Å². The lowest BCUT2D eigenvalue weighted by Crippen LogP contribution is -2.24. The third-order valence-electron chi connectivity index (χ3n) is 6.37. The molecule has 3 heterocycles. The number of benzene rings is 2. The molecule has 0 spiro atoms. The summed E-state index contributed by atoms with van der Waals surface area (Å²) in [6.07, 6.45) is 1.98. The number of para-hydroxylation sites is 2. The molecular formula is C28H28N6O. The molecule has 3 aromatic heterocycles. The van der Waals surface area contributed by atoms with Gasteiger partial charge >= 0.3 is 0 Å². The van der Waals surface area contributed by atoms with Gasteiger partial charge in [0.15, 0.2) is 0 Å². The Morgan fingerprint density at radius 2 is 1.69 bits per heavy atom. The quantitative estimate of drug-likeness (QED) is 0.377. The van der Waals surface area contributed by atoms with E-state index in [0.717, 1.165) is 57.0 Å². The van der Waals surface area contributed by atoms with Gasteiger partial charge in [0, 0.05) is 41.5 Å². The molecule has 7 heteroatoms. The molecule has 7 nitrogen and oxygen atoms in total. The van der Waals surface area contributed by atoms with Crippen LogP contribution in [-0.4, -0.2) is 30.5 Å². The molecule has 35 heavy (non-hydrogen) atoms. The highest BCUT2D eigenvalue weighted by Crippen LogP contribution is 2.27. The summed E-state index contributed by atoms with van der Waals surface area (Å²) in [6.45, 7) is 9.19. The van der Waals surface area contributed by atoms with E-state index >= 15 is 0 Å².